The number of fused-ring (bicyclic) bond motifs is 1. The number of aliphatic hydroxyl groups excluding tert-OH is 1. The molecule has 21 heavy (non-hydrogen) atoms. The molecule has 1 aliphatic heterocycles. The average molecular weight is 302 g/mol. The molecule has 3 N–H and O–H groups in total. The van der Waals surface area contributed by atoms with E-state index < -0.39 is 6.10 Å². The Morgan fingerprint density at radius 2 is 2.29 bits per heavy atom. The van der Waals surface area contributed by atoms with Crippen LogP contribution in [0, 0.1) is 0 Å². The van der Waals surface area contributed by atoms with Crippen LogP contribution >= 0.6 is 11.3 Å². The zero-order chi connectivity index (χ0) is 14.7. The zero-order valence-electron chi connectivity index (χ0n) is 11.6. The fraction of sp³-hybridized carbons (Fsp3) is 0.312. The summed E-state index contributed by atoms with van der Waals surface area (Å²) in [6, 6.07) is 9.96. The molecule has 1 amide bonds. The number of rotatable bonds is 5. The topological polar surface area (TPSA) is 61.4 Å². The summed E-state index contributed by atoms with van der Waals surface area (Å²) in [5.41, 5.74) is 3.17. The Balaban J connectivity index is 1.51. The second kappa shape index (κ2) is 6.28. The van der Waals surface area contributed by atoms with Crippen LogP contribution in [0.1, 0.15) is 29.6 Å². The first-order valence-corrected chi connectivity index (χ1v) is 7.98. The van der Waals surface area contributed by atoms with Gasteiger partial charge in [-0.25, -0.2) is 0 Å². The van der Waals surface area contributed by atoms with Crippen molar-refractivity contribution < 1.29 is 9.90 Å². The van der Waals surface area contributed by atoms with Crippen molar-refractivity contribution in [1.29, 1.82) is 0 Å². The summed E-state index contributed by atoms with van der Waals surface area (Å²) in [6.45, 7) is 1.05. The van der Waals surface area contributed by atoms with Crippen molar-refractivity contribution in [3.63, 3.8) is 0 Å². The molecular formula is C16H18N2O2S. The number of nitrogens with one attached hydrogen (secondary N) is 2. The van der Waals surface area contributed by atoms with Gasteiger partial charge in [0, 0.05) is 31.1 Å². The van der Waals surface area contributed by atoms with E-state index in [1.54, 1.807) is 0 Å². The first kappa shape index (κ1) is 14.1. The predicted octanol–water partition coefficient (Wildman–Crippen LogP) is 2.50. The van der Waals surface area contributed by atoms with E-state index in [1.807, 2.05) is 35.0 Å². The van der Waals surface area contributed by atoms with Crippen LogP contribution in [0.4, 0.5) is 5.69 Å². The molecule has 0 saturated carbocycles. The van der Waals surface area contributed by atoms with Gasteiger partial charge in [-0.3, -0.25) is 4.79 Å². The lowest BCUT2D eigenvalue weighted by molar-refractivity contribution is -0.121. The second-order valence-corrected chi connectivity index (χ2v) is 6.03. The normalized spacial score (nSPS) is 17.9. The molecule has 5 heteroatoms. The standard InChI is InChI=1S/C16H18N2O2S/c19-15(11-5-6-21-10-11)9-18-16(20)7-12-8-17-14-4-2-1-3-13(12)14/h1-6,10,12,15,17,19H,7-9H2,(H,18,20). The molecule has 0 aliphatic carbocycles. The van der Waals surface area contributed by atoms with Crippen LogP contribution < -0.4 is 10.6 Å². The van der Waals surface area contributed by atoms with Crippen molar-refractivity contribution in [2.75, 3.05) is 18.4 Å². The van der Waals surface area contributed by atoms with Gasteiger partial charge >= 0.3 is 0 Å². The van der Waals surface area contributed by atoms with Gasteiger partial charge in [0.05, 0.1) is 6.10 Å². The van der Waals surface area contributed by atoms with E-state index in [1.165, 1.54) is 16.9 Å². The molecule has 1 aromatic carbocycles. The molecule has 3 rings (SSSR count). The van der Waals surface area contributed by atoms with Crippen LogP contribution in [0.5, 0.6) is 0 Å². The highest BCUT2D eigenvalue weighted by molar-refractivity contribution is 7.07. The Hall–Kier alpha value is -1.85. The lowest BCUT2D eigenvalue weighted by Gasteiger charge is -2.13. The van der Waals surface area contributed by atoms with Crippen molar-refractivity contribution >= 4 is 22.9 Å². The molecule has 2 atom stereocenters. The van der Waals surface area contributed by atoms with Gasteiger partial charge in [-0.2, -0.15) is 11.3 Å². The molecule has 1 aromatic heterocycles. The van der Waals surface area contributed by atoms with Gasteiger partial charge in [0.15, 0.2) is 0 Å². The molecule has 4 nitrogen and oxygen atoms in total. The molecule has 0 bridgehead atoms. The molecule has 0 radical (unpaired) electrons. The number of carbonyl (C=O) groups is 1. The Morgan fingerprint density at radius 3 is 3.10 bits per heavy atom. The molecular weight excluding hydrogens is 284 g/mol. The van der Waals surface area contributed by atoms with Crippen molar-refractivity contribution in [3.05, 3.63) is 52.2 Å². The van der Waals surface area contributed by atoms with Crippen LogP contribution in [-0.2, 0) is 4.79 Å². The number of benzene rings is 1. The monoisotopic (exact) mass is 302 g/mol. The van der Waals surface area contributed by atoms with Crippen LogP contribution in [-0.4, -0.2) is 24.1 Å². The van der Waals surface area contributed by atoms with E-state index in [2.05, 4.69) is 16.7 Å². The van der Waals surface area contributed by atoms with Gasteiger partial charge in [0.1, 0.15) is 0 Å². The van der Waals surface area contributed by atoms with E-state index in [4.69, 9.17) is 0 Å². The fourth-order valence-electron chi connectivity index (χ4n) is 2.63. The number of carbonyl (C=O) groups excluding carboxylic acids is 1. The molecule has 0 saturated heterocycles. The molecule has 0 spiro atoms. The summed E-state index contributed by atoms with van der Waals surface area (Å²) in [7, 11) is 0. The maximum Gasteiger partial charge on any atom is 0.220 e. The van der Waals surface area contributed by atoms with E-state index in [0.29, 0.717) is 6.42 Å². The van der Waals surface area contributed by atoms with E-state index >= 15 is 0 Å². The Morgan fingerprint density at radius 1 is 1.43 bits per heavy atom. The van der Waals surface area contributed by atoms with Gasteiger partial charge in [0.25, 0.3) is 0 Å². The first-order valence-electron chi connectivity index (χ1n) is 7.03. The van der Waals surface area contributed by atoms with Crippen LogP contribution in [0.15, 0.2) is 41.1 Å². The van der Waals surface area contributed by atoms with E-state index in [0.717, 1.165) is 17.8 Å². The van der Waals surface area contributed by atoms with Crippen LogP contribution in [0.3, 0.4) is 0 Å². The number of para-hydroxylation sites is 1. The second-order valence-electron chi connectivity index (χ2n) is 5.25. The number of anilines is 1. The summed E-state index contributed by atoms with van der Waals surface area (Å²) in [5, 5.41) is 19.9. The van der Waals surface area contributed by atoms with E-state index in [9.17, 15) is 9.90 Å². The summed E-state index contributed by atoms with van der Waals surface area (Å²) >= 11 is 1.54. The van der Waals surface area contributed by atoms with E-state index in [-0.39, 0.29) is 18.4 Å². The first-order chi connectivity index (χ1) is 10.2. The number of aliphatic hydroxyl groups is 1. The lowest BCUT2D eigenvalue weighted by Crippen LogP contribution is -2.29. The quantitative estimate of drug-likeness (QED) is 0.795. The van der Waals surface area contributed by atoms with Gasteiger partial charge in [-0.15, -0.1) is 0 Å². The number of thiophene rings is 1. The Labute approximate surface area is 127 Å². The molecule has 2 aromatic rings. The Bertz CT molecular complexity index is 612. The third-order valence-corrected chi connectivity index (χ3v) is 4.49. The number of amides is 1. The summed E-state index contributed by atoms with van der Waals surface area (Å²) in [4.78, 5) is 12.0. The van der Waals surface area contributed by atoms with Crippen LogP contribution in [0.2, 0.25) is 0 Å². The van der Waals surface area contributed by atoms with Gasteiger partial charge in [0.2, 0.25) is 5.91 Å². The van der Waals surface area contributed by atoms with Crippen molar-refractivity contribution in [2.45, 2.75) is 18.4 Å². The SMILES string of the molecule is O=C(CC1CNc2ccccc21)NCC(O)c1ccsc1. The van der Waals surface area contributed by atoms with Gasteiger partial charge < -0.3 is 15.7 Å². The largest absolute Gasteiger partial charge is 0.387 e. The third kappa shape index (κ3) is 3.25. The van der Waals surface area contributed by atoms with Gasteiger partial charge in [-0.05, 0) is 34.0 Å². The maximum atomic E-state index is 12.0. The summed E-state index contributed by atoms with van der Waals surface area (Å²) < 4.78 is 0. The summed E-state index contributed by atoms with van der Waals surface area (Å²) in [6.07, 6.45) is -0.186. The minimum atomic E-state index is -0.630. The highest BCUT2D eigenvalue weighted by atomic mass is 32.1. The van der Waals surface area contributed by atoms with Crippen molar-refractivity contribution in [3.8, 4) is 0 Å². The molecule has 2 heterocycles. The maximum absolute atomic E-state index is 12.0. The highest BCUT2D eigenvalue weighted by Crippen LogP contribution is 2.33. The van der Waals surface area contributed by atoms with Gasteiger partial charge in [-0.1, -0.05) is 18.2 Å². The molecule has 0 fully saturated rings. The lowest BCUT2D eigenvalue weighted by atomic mass is 9.97. The average Bonchev–Trinajstić information content (AvgIpc) is 3.15. The molecule has 1 aliphatic rings. The van der Waals surface area contributed by atoms with Crippen molar-refractivity contribution in [1.82, 2.24) is 5.32 Å². The number of hydrogen-bond donors (Lipinski definition) is 3. The predicted molar refractivity (Wildman–Crippen MR) is 84.6 cm³/mol. The minimum Gasteiger partial charge on any atom is -0.387 e. The molecule has 110 valence electrons. The zero-order valence-corrected chi connectivity index (χ0v) is 12.4. The fourth-order valence-corrected chi connectivity index (χ4v) is 3.34. The Kier molecular flexibility index (Phi) is 4.22. The molecule has 2 unspecified atom stereocenters. The minimum absolute atomic E-state index is 0.0206. The third-order valence-electron chi connectivity index (χ3n) is 3.79. The van der Waals surface area contributed by atoms with Crippen molar-refractivity contribution in [2.24, 2.45) is 0 Å². The smallest absolute Gasteiger partial charge is 0.220 e. The van der Waals surface area contributed by atoms with Crippen LogP contribution in [0.25, 0.3) is 0 Å². The highest BCUT2D eigenvalue weighted by Gasteiger charge is 2.24. The number of hydrogen-bond acceptors (Lipinski definition) is 4. The summed E-state index contributed by atoms with van der Waals surface area (Å²) in [5.74, 6) is 0.187.